The van der Waals surface area contributed by atoms with E-state index in [9.17, 15) is 13.2 Å². The van der Waals surface area contributed by atoms with Crippen LogP contribution in [0.15, 0.2) is 16.6 Å². The van der Waals surface area contributed by atoms with Gasteiger partial charge in [-0.05, 0) is 35.0 Å². The number of rotatable bonds is 3. The van der Waals surface area contributed by atoms with Crippen molar-refractivity contribution in [1.29, 1.82) is 0 Å². The summed E-state index contributed by atoms with van der Waals surface area (Å²) in [5.41, 5.74) is 4.97. The molecule has 0 radical (unpaired) electrons. The highest BCUT2D eigenvalue weighted by atomic mass is 79.9. The van der Waals surface area contributed by atoms with E-state index in [1.807, 2.05) is 0 Å². The van der Waals surface area contributed by atoms with Gasteiger partial charge < -0.3 is 5.73 Å². The van der Waals surface area contributed by atoms with E-state index in [-0.39, 0.29) is 23.0 Å². The van der Waals surface area contributed by atoms with E-state index < -0.39 is 17.8 Å². The Morgan fingerprint density at radius 3 is 2.57 bits per heavy atom. The van der Waals surface area contributed by atoms with Gasteiger partial charge in [0.2, 0.25) is 0 Å². The van der Waals surface area contributed by atoms with Crippen molar-refractivity contribution >= 4 is 15.9 Å². The summed E-state index contributed by atoms with van der Waals surface area (Å²) in [4.78, 5) is 0. The first-order valence-corrected chi connectivity index (χ1v) is 4.84. The Bertz CT molecular complexity index is 330. The van der Waals surface area contributed by atoms with E-state index in [1.165, 1.54) is 0 Å². The van der Waals surface area contributed by atoms with Crippen LogP contribution in [0, 0.1) is 11.6 Å². The van der Waals surface area contributed by atoms with Crippen molar-refractivity contribution in [2.45, 2.75) is 12.6 Å². The molecule has 0 bridgehead atoms. The quantitative estimate of drug-likeness (QED) is 0.837. The van der Waals surface area contributed by atoms with Crippen LogP contribution < -0.4 is 5.73 Å². The Hall–Kier alpha value is -0.550. The van der Waals surface area contributed by atoms with Gasteiger partial charge in [0.25, 0.3) is 0 Å². The molecule has 1 atom stereocenters. The monoisotopic (exact) mass is 267 g/mol. The largest absolute Gasteiger partial charge is 0.330 e. The SMILES string of the molecule is NCCC(F)c1ccc(F)c(Br)c1F. The number of hydrogen-bond acceptors (Lipinski definition) is 1. The Balaban J connectivity index is 3.04. The Morgan fingerprint density at radius 1 is 1.36 bits per heavy atom. The van der Waals surface area contributed by atoms with Gasteiger partial charge in [0.15, 0.2) is 0 Å². The molecule has 2 N–H and O–H groups in total. The van der Waals surface area contributed by atoms with Gasteiger partial charge in [-0.3, -0.25) is 0 Å². The number of hydrogen-bond donors (Lipinski definition) is 1. The normalized spacial score (nSPS) is 12.9. The third-order valence-corrected chi connectivity index (χ3v) is 2.55. The van der Waals surface area contributed by atoms with Gasteiger partial charge in [0.05, 0.1) is 4.47 Å². The second-order valence-corrected chi connectivity index (χ2v) is 3.60. The molecule has 5 heteroatoms. The number of alkyl halides is 1. The minimum absolute atomic E-state index is 0.0228. The fourth-order valence-electron chi connectivity index (χ4n) is 1.08. The van der Waals surface area contributed by atoms with Crippen LogP contribution in [0.25, 0.3) is 0 Å². The lowest BCUT2D eigenvalue weighted by atomic mass is 10.1. The summed E-state index contributed by atoms with van der Waals surface area (Å²) in [6, 6.07) is 2.11. The summed E-state index contributed by atoms with van der Waals surface area (Å²) < 4.78 is 38.9. The molecule has 0 aliphatic heterocycles. The van der Waals surface area contributed by atoms with Crippen LogP contribution >= 0.6 is 15.9 Å². The summed E-state index contributed by atoms with van der Waals surface area (Å²) in [5, 5.41) is 0. The fraction of sp³-hybridized carbons (Fsp3) is 0.333. The molecule has 1 aromatic carbocycles. The molecule has 1 unspecified atom stereocenters. The van der Waals surface area contributed by atoms with Gasteiger partial charge in [0.1, 0.15) is 17.8 Å². The van der Waals surface area contributed by atoms with Crippen molar-refractivity contribution in [1.82, 2.24) is 0 Å². The van der Waals surface area contributed by atoms with Gasteiger partial charge in [-0.1, -0.05) is 6.07 Å². The van der Waals surface area contributed by atoms with Gasteiger partial charge in [-0.15, -0.1) is 0 Å². The van der Waals surface area contributed by atoms with Crippen molar-refractivity contribution in [3.05, 3.63) is 33.8 Å². The highest BCUT2D eigenvalue weighted by Gasteiger charge is 2.18. The molecule has 1 aromatic rings. The minimum Gasteiger partial charge on any atom is -0.330 e. The molecule has 0 saturated carbocycles. The van der Waals surface area contributed by atoms with Crippen molar-refractivity contribution in [2.75, 3.05) is 6.54 Å². The molecule has 0 heterocycles. The average Bonchev–Trinajstić information content (AvgIpc) is 2.15. The van der Waals surface area contributed by atoms with Crippen LogP contribution in [0.3, 0.4) is 0 Å². The molecule has 14 heavy (non-hydrogen) atoms. The summed E-state index contributed by atoms with van der Waals surface area (Å²) in [5.74, 6) is -1.64. The zero-order chi connectivity index (χ0) is 10.7. The summed E-state index contributed by atoms with van der Waals surface area (Å²) >= 11 is 2.70. The molecular formula is C9H9BrF3N. The standard InChI is InChI=1S/C9H9BrF3N/c10-8-7(12)2-1-5(9(8)13)6(11)3-4-14/h1-2,6H,3-4,14H2. The van der Waals surface area contributed by atoms with Crippen molar-refractivity contribution in [3.8, 4) is 0 Å². The lowest BCUT2D eigenvalue weighted by Gasteiger charge is -2.09. The van der Waals surface area contributed by atoms with Crippen LogP contribution in [0.4, 0.5) is 13.2 Å². The van der Waals surface area contributed by atoms with Crippen molar-refractivity contribution in [3.63, 3.8) is 0 Å². The highest BCUT2D eigenvalue weighted by Crippen LogP contribution is 2.29. The van der Waals surface area contributed by atoms with Crippen LogP contribution in [0.5, 0.6) is 0 Å². The molecule has 0 saturated heterocycles. The molecule has 0 aliphatic rings. The maximum atomic E-state index is 13.3. The van der Waals surface area contributed by atoms with Gasteiger partial charge in [-0.25, -0.2) is 13.2 Å². The van der Waals surface area contributed by atoms with Gasteiger partial charge in [-0.2, -0.15) is 0 Å². The van der Waals surface area contributed by atoms with E-state index in [2.05, 4.69) is 15.9 Å². The molecule has 0 amide bonds. The topological polar surface area (TPSA) is 26.0 Å². The Kier molecular flexibility index (Phi) is 3.95. The molecule has 0 spiro atoms. The first kappa shape index (κ1) is 11.5. The lowest BCUT2D eigenvalue weighted by molar-refractivity contribution is 0.316. The number of benzene rings is 1. The summed E-state index contributed by atoms with van der Waals surface area (Å²) in [6.07, 6.45) is -1.47. The van der Waals surface area contributed by atoms with E-state index in [0.29, 0.717) is 0 Å². The minimum atomic E-state index is -1.49. The predicted molar refractivity (Wildman–Crippen MR) is 51.6 cm³/mol. The van der Waals surface area contributed by atoms with Crippen molar-refractivity contribution in [2.24, 2.45) is 5.73 Å². The van der Waals surface area contributed by atoms with Crippen LogP contribution in [-0.4, -0.2) is 6.54 Å². The number of nitrogens with two attached hydrogens (primary N) is 1. The average molecular weight is 268 g/mol. The third kappa shape index (κ3) is 2.27. The zero-order valence-corrected chi connectivity index (χ0v) is 8.82. The van der Waals surface area contributed by atoms with Gasteiger partial charge >= 0.3 is 0 Å². The van der Waals surface area contributed by atoms with E-state index in [4.69, 9.17) is 5.73 Å². The zero-order valence-electron chi connectivity index (χ0n) is 7.24. The molecule has 0 aliphatic carbocycles. The maximum absolute atomic E-state index is 13.3. The molecule has 78 valence electrons. The van der Waals surface area contributed by atoms with E-state index in [1.54, 1.807) is 0 Å². The van der Waals surface area contributed by atoms with E-state index in [0.717, 1.165) is 12.1 Å². The smallest absolute Gasteiger partial charge is 0.146 e. The molecule has 0 aromatic heterocycles. The van der Waals surface area contributed by atoms with E-state index >= 15 is 0 Å². The number of halogens is 4. The first-order chi connectivity index (χ1) is 6.57. The van der Waals surface area contributed by atoms with Gasteiger partial charge in [0, 0.05) is 5.56 Å². The van der Waals surface area contributed by atoms with Crippen LogP contribution in [-0.2, 0) is 0 Å². The second-order valence-electron chi connectivity index (χ2n) is 2.81. The summed E-state index contributed by atoms with van der Waals surface area (Å²) in [7, 11) is 0. The Labute approximate surface area is 88.2 Å². The molecule has 0 fully saturated rings. The molecule has 1 rings (SSSR count). The molecular weight excluding hydrogens is 259 g/mol. The van der Waals surface area contributed by atoms with Crippen LogP contribution in [0.1, 0.15) is 18.2 Å². The lowest BCUT2D eigenvalue weighted by Crippen LogP contribution is -2.05. The summed E-state index contributed by atoms with van der Waals surface area (Å²) in [6.45, 7) is 0.121. The van der Waals surface area contributed by atoms with Crippen LogP contribution in [0.2, 0.25) is 0 Å². The maximum Gasteiger partial charge on any atom is 0.146 e. The molecule has 1 nitrogen and oxygen atoms in total. The highest BCUT2D eigenvalue weighted by molar-refractivity contribution is 9.10. The second kappa shape index (κ2) is 4.79. The third-order valence-electron chi connectivity index (χ3n) is 1.82. The Morgan fingerprint density at radius 2 is 2.00 bits per heavy atom. The predicted octanol–water partition coefficient (Wildman–Crippen LogP) is 3.09. The van der Waals surface area contributed by atoms with Crippen molar-refractivity contribution < 1.29 is 13.2 Å². The first-order valence-electron chi connectivity index (χ1n) is 4.05. The fourth-order valence-corrected chi connectivity index (χ4v) is 1.45.